The number of pyridine rings is 1. The lowest BCUT2D eigenvalue weighted by atomic mass is 9.96. The van der Waals surface area contributed by atoms with Gasteiger partial charge in [-0.25, -0.2) is 4.98 Å². The van der Waals surface area contributed by atoms with Gasteiger partial charge in [0, 0.05) is 0 Å². The third-order valence-electron chi connectivity index (χ3n) is 2.75. The molecule has 98 valence electrons. The van der Waals surface area contributed by atoms with Gasteiger partial charge in [-0.05, 0) is 29.8 Å². The van der Waals surface area contributed by atoms with E-state index in [1.807, 2.05) is 36.4 Å². The molecule has 0 saturated heterocycles. The number of hydrogen-bond acceptors (Lipinski definition) is 4. The molecule has 5 heteroatoms. The molecule has 1 N–H and O–H groups in total. The highest BCUT2D eigenvalue weighted by Crippen LogP contribution is 2.24. The van der Waals surface area contributed by atoms with Crippen LogP contribution in [-0.4, -0.2) is 23.5 Å². The Morgan fingerprint density at radius 1 is 1.26 bits per heavy atom. The molecular formula is C14H13ClN2O2. The van der Waals surface area contributed by atoms with Crippen molar-refractivity contribution in [1.29, 1.82) is 0 Å². The maximum absolute atomic E-state index is 8.81. The average Bonchev–Trinajstić information content (AvgIpc) is 2.45. The first-order valence-electron chi connectivity index (χ1n) is 5.68. The van der Waals surface area contributed by atoms with Crippen LogP contribution in [0.2, 0.25) is 5.15 Å². The zero-order chi connectivity index (χ0) is 13.7. The number of oxime groups is 1. The summed E-state index contributed by atoms with van der Waals surface area (Å²) in [4.78, 5) is 4.24. The van der Waals surface area contributed by atoms with Gasteiger partial charge in [-0.2, -0.15) is 0 Å². The summed E-state index contributed by atoms with van der Waals surface area (Å²) in [7, 11) is 1.61. The fraction of sp³-hybridized carbons (Fsp3) is 0.143. The molecule has 0 radical (unpaired) electrons. The van der Waals surface area contributed by atoms with Crippen molar-refractivity contribution in [2.45, 2.75) is 5.92 Å². The first-order chi connectivity index (χ1) is 9.24. The minimum absolute atomic E-state index is 0.255. The standard InChI is InChI=1S/C14H13ClN2O2/c1-19-11-7-5-10(6-8-11)12(9-16-18)13-3-2-4-14(15)17-13/h2-9,12,18H,1H3. The lowest BCUT2D eigenvalue weighted by Gasteiger charge is -2.12. The summed E-state index contributed by atoms with van der Waals surface area (Å²) in [5.74, 6) is 0.511. The molecule has 0 aliphatic rings. The minimum atomic E-state index is -0.255. The van der Waals surface area contributed by atoms with Crippen LogP contribution in [0.3, 0.4) is 0 Å². The summed E-state index contributed by atoms with van der Waals surface area (Å²) in [5.41, 5.74) is 1.66. The second-order valence-corrected chi connectivity index (χ2v) is 4.29. The highest BCUT2D eigenvalue weighted by molar-refractivity contribution is 6.29. The first kappa shape index (κ1) is 13.4. The van der Waals surface area contributed by atoms with E-state index in [-0.39, 0.29) is 5.92 Å². The number of ether oxygens (including phenoxy) is 1. The Morgan fingerprint density at radius 3 is 2.58 bits per heavy atom. The van der Waals surface area contributed by atoms with Gasteiger partial charge in [0.2, 0.25) is 0 Å². The van der Waals surface area contributed by atoms with Crippen molar-refractivity contribution < 1.29 is 9.94 Å². The third-order valence-corrected chi connectivity index (χ3v) is 2.96. The van der Waals surface area contributed by atoms with Crippen LogP contribution < -0.4 is 4.74 Å². The van der Waals surface area contributed by atoms with E-state index in [0.717, 1.165) is 17.0 Å². The van der Waals surface area contributed by atoms with Gasteiger partial charge in [-0.1, -0.05) is 29.8 Å². The number of methoxy groups -OCH3 is 1. The highest BCUT2D eigenvalue weighted by Gasteiger charge is 2.14. The molecule has 1 aromatic heterocycles. The van der Waals surface area contributed by atoms with E-state index < -0.39 is 0 Å². The molecular weight excluding hydrogens is 264 g/mol. The van der Waals surface area contributed by atoms with Crippen LogP contribution in [-0.2, 0) is 0 Å². The summed E-state index contributed by atoms with van der Waals surface area (Å²) >= 11 is 5.89. The lowest BCUT2D eigenvalue weighted by molar-refractivity contribution is 0.320. The topological polar surface area (TPSA) is 54.7 Å². The third kappa shape index (κ3) is 3.23. The van der Waals surface area contributed by atoms with E-state index in [9.17, 15) is 0 Å². The van der Waals surface area contributed by atoms with Gasteiger partial charge in [0.15, 0.2) is 0 Å². The van der Waals surface area contributed by atoms with Gasteiger partial charge in [0.1, 0.15) is 10.9 Å². The number of aromatic nitrogens is 1. The Kier molecular flexibility index (Phi) is 4.36. The monoisotopic (exact) mass is 276 g/mol. The summed E-state index contributed by atoms with van der Waals surface area (Å²) in [6, 6.07) is 12.8. The SMILES string of the molecule is COc1ccc(C(C=NO)c2cccc(Cl)n2)cc1. The molecule has 1 heterocycles. The van der Waals surface area contributed by atoms with E-state index in [1.165, 1.54) is 6.21 Å². The predicted octanol–water partition coefficient (Wildman–Crippen LogP) is 3.34. The van der Waals surface area contributed by atoms with E-state index in [2.05, 4.69) is 10.1 Å². The lowest BCUT2D eigenvalue weighted by Crippen LogP contribution is -2.05. The molecule has 19 heavy (non-hydrogen) atoms. The second-order valence-electron chi connectivity index (χ2n) is 3.90. The Bertz CT molecular complexity index is 570. The van der Waals surface area contributed by atoms with Crippen molar-refractivity contribution in [2.75, 3.05) is 7.11 Å². The molecule has 0 aliphatic carbocycles. The molecule has 0 amide bonds. The highest BCUT2D eigenvalue weighted by atomic mass is 35.5. The second kappa shape index (κ2) is 6.20. The Balaban J connectivity index is 2.39. The van der Waals surface area contributed by atoms with Crippen LogP contribution in [0, 0.1) is 0 Å². The van der Waals surface area contributed by atoms with Crippen molar-refractivity contribution in [2.24, 2.45) is 5.16 Å². The van der Waals surface area contributed by atoms with E-state index >= 15 is 0 Å². The van der Waals surface area contributed by atoms with E-state index in [1.54, 1.807) is 13.2 Å². The van der Waals surface area contributed by atoms with E-state index in [0.29, 0.717) is 5.15 Å². The van der Waals surface area contributed by atoms with Gasteiger partial charge < -0.3 is 9.94 Å². The molecule has 2 rings (SSSR count). The molecule has 0 bridgehead atoms. The number of benzene rings is 1. The normalized spacial score (nSPS) is 12.5. The van der Waals surface area contributed by atoms with Crippen LogP contribution in [0.4, 0.5) is 0 Å². The summed E-state index contributed by atoms with van der Waals surface area (Å²) < 4.78 is 5.11. The van der Waals surface area contributed by atoms with Crippen LogP contribution in [0.5, 0.6) is 5.75 Å². The van der Waals surface area contributed by atoms with Crippen molar-refractivity contribution in [1.82, 2.24) is 4.98 Å². The zero-order valence-electron chi connectivity index (χ0n) is 10.3. The van der Waals surface area contributed by atoms with Gasteiger partial charge >= 0.3 is 0 Å². The number of hydrogen-bond donors (Lipinski definition) is 1. The molecule has 1 atom stereocenters. The van der Waals surface area contributed by atoms with Crippen LogP contribution in [0.25, 0.3) is 0 Å². The molecule has 0 saturated carbocycles. The number of nitrogens with zero attached hydrogens (tertiary/aromatic N) is 2. The van der Waals surface area contributed by atoms with Crippen molar-refractivity contribution in [3.05, 3.63) is 58.9 Å². The first-order valence-corrected chi connectivity index (χ1v) is 6.06. The molecule has 1 aromatic carbocycles. The maximum Gasteiger partial charge on any atom is 0.129 e. The van der Waals surface area contributed by atoms with Gasteiger partial charge in [0.05, 0.1) is 24.9 Å². The maximum atomic E-state index is 8.81. The molecule has 2 aromatic rings. The Hall–Kier alpha value is -2.07. The average molecular weight is 277 g/mol. The molecule has 0 fully saturated rings. The fourth-order valence-corrected chi connectivity index (χ4v) is 1.98. The van der Waals surface area contributed by atoms with E-state index in [4.69, 9.17) is 21.5 Å². The van der Waals surface area contributed by atoms with Crippen LogP contribution in [0.15, 0.2) is 47.6 Å². The summed E-state index contributed by atoms with van der Waals surface area (Å²) in [6.45, 7) is 0. The molecule has 0 aliphatic heterocycles. The fourth-order valence-electron chi connectivity index (χ4n) is 1.81. The number of halogens is 1. The Labute approximate surface area is 116 Å². The molecule has 0 spiro atoms. The van der Waals surface area contributed by atoms with Crippen molar-refractivity contribution in [3.8, 4) is 5.75 Å². The molecule has 1 unspecified atom stereocenters. The van der Waals surface area contributed by atoms with Gasteiger partial charge in [-0.15, -0.1) is 5.16 Å². The zero-order valence-corrected chi connectivity index (χ0v) is 11.1. The van der Waals surface area contributed by atoms with Gasteiger partial charge in [-0.3, -0.25) is 0 Å². The van der Waals surface area contributed by atoms with Crippen LogP contribution >= 0.6 is 11.6 Å². The minimum Gasteiger partial charge on any atom is -0.497 e. The number of rotatable bonds is 4. The van der Waals surface area contributed by atoms with Crippen molar-refractivity contribution in [3.63, 3.8) is 0 Å². The summed E-state index contributed by atoms with van der Waals surface area (Å²) in [5, 5.41) is 12.3. The van der Waals surface area contributed by atoms with Crippen molar-refractivity contribution >= 4 is 17.8 Å². The largest absolute Gasteiger partial charge is 0.497 e. The quantitative estimate of drug-likeness (QED) is 0.403. The smallest absolute Gasteiger partial charge is 0.129 e. The Morgan fingerprint density at radius 2 is 2.00 bits per heavy atom. The summed E-state index contributed by atoms with van der Waals surface area (Å²) in [6.07, 6.45) is 1.42. The van der Waals surface area contributed by atoms with Crippen LogP contribution in [0.1, 0.15) is 17.2 Å². The predicted molar refractivity (Wildman–Crippen MR) is 74.4 cm³/mol. The molecule has 4 nitrogen and oxygen atoms in total. The van der Waals surface area contributed by atoms with Gasteiger partial charge in [0.25, 0.3) is 0 Å².